The summed E-state index contributed by atoms with van der Waals surface area (Å²) in [6, 6.07) is 0. The maximum atomic E-state index is 2.49. The van der Waals surface area contributed by atoms with Crippen LogP contribution in [0.2, 0.25) is 0 Å². The lowest BCUT2D eigenvalue weighted by molar-refractivity contribution is 0.338. The first-order chi connectivity index (χ1) is 6.45. The molecular formula is C13H22. The summed E-state index contributed by atoms with van der Waals surface area (Å²) in [4.78, 5) is 0. The van der Waals surface area contributed by atoms with E-state index in [1.54, 1.807) is 5.57 Å². The predicted octanol–water partition coefficient (Wildman–Crippen LogP) is 4.46. The lowest BCUT2D eigenvalue weighted by Crippen LogP contribution is -2.06. The summed E-state index contributed by atoms with van der Waals surface area (Å²) in [6.07, 6.45) is 17.2. The first-order valence-electron chi connectivity index (χ1n) is 6.13. The van der Waals surface area contributed by atoms with E-state index in [1.165, 1.54) is 64.2 Å². The molecule has 0 unspecified atom stereocenters. The molecule has 0 nitrogen and oxygen atoms in total. The van der Waals surface area contributed by atoms with Crippen molar-refractivity contribution in [3.63, 3.8) is 0 Å². The summed E-state index contributed by atoms with van der Waals surface area (Å²) < 4.78 is 0. The largest absolute Gasteiger partial charge is 0.0853 e. The summed E-state index contributed by atoms with van der Waals surface area (Å²) in [5.74, 6) is 1.08. The van der Waals surface area contributed by atoms with Crippen LogP contribution in [0.5, 0.6) is 0 Å². The molecule has 0 amide bonds. The van der Waals surface area contributed by atoms with Crippen LogP contribution >= 0.6 is 0 Å². The molecule has 0 bridgehead atoms. The first kappa shape index (κ1) is 9.30. The van der Waals surface area contributed by atoms with Crippen LogP contribution in [0.4, 0.5) is 0 Å². The second kappa shape index (κ2) is 4.83. The second-order valence-electron chi connectivity index (χ2n) is 4.80. The molecule has 0 aliphatic heterocycles. The average molecular weight is 178 g/mol. The molecule has 1 fully saturated rings. The third-order valence-electron chi connectivity index (χ3n) is 3.73. The van der Waals surface area contributed by atoms with Crippen molar-refractivity contribution >= 4 is 0 Å². The molecule has 74 valence electrons. The smallest absolute Gasteiger partial charge is 0.0317 e. The van der Waals surface area contributed by atoms with Gasteiger partial charge in [0, 0.05) is 0 Å². The molecule has 0 aromatic rings. The minimum absolute atomic E-state index is 1.08. The van der Waals surface area contributed by atoms with Crippen LogP contribution in [0.3, 0.4) is 0 Å². The Morgan fingerprint density at radius 2 is 1.92 bits per heavy atom. The third-order valence-corrected chi connectivity index (χ3v) is 3.73. The molecule has 0 radical (unpaired) electrons. The summed E-state index contributed by atoms with van der Waals surface area (Å²) >= 11 is 0. The minimum Gasteiger partial charge on any atom is -0.0853 e. The molecule has 0 spiro atoms. The zero-order valence-corrected chi connectivity index (χ0v) is 8.73. The Balaban J connectivity index is 1.66. The van der Waals surface area contributed by atoms with Gasteiger partial charge in [-0.2, -0.15) is 0 Å². The lowest BCUT2D eigenvalue weighted by Gasteiger charge is -2.21. The van der Waals surface area contributed by atoms with Gasteiger partial charge in [-0.25, -0.2) is 0 Å². The Morgan fingerprint density at radius 1 is 1.08 bits per heavy atom. The van der Waals surface area contributed by atoms with Crippen LogP contribution < -0.4 is 0 Å². The van der Waals surface area contributed by atoms with Crippen LogP contribution in [0.1, 0.15) is 64.2 Å². The molecule has 0 aromatic heterocycles. The lowest BCUT2D eigenvalue weighted by atomic mass is 9.85. The molecule has 0 heterocycles. The van der Waals surface area contributed by atoms with Gasteiger partial charge in [0.05, 0.1) is 0 Å². The summed E-state index contributed by atoms with van der Waals surface area (Å²) in [5, 5.41) is 0. The Labute approximate surface area is 82.4 Å². The summed E-state index contributed by atoms with van der Waals surface area (Å²) in [7, 11) is 0. The Hall–Kier alpha value is -0.260. The Bertz CT molecular complexity index is 172. The van der Waals surface area contributed by atoms with Gasteiger partial charge in [0.25, 0.3) is 0 Å². The molecular weight excluding hydrogens is 156 g/mol. The number of allylic oxidation sites excluding steroid dienone is 2. The topological polar surface area (TPSA) is 0 Å². The second-order valence-corrected chi connectivity index (χ2v) is 4.80. The van der Waals surface area contributed by atoms with Gasteiger partial charge in [-0.05, 0) is 38.0 Å². The van der Waals surface area contributed by atoms with Crippen molar-refractivity contribution in [2.45, 2.75) is 64.2 Å². The van der Waals surface area contributed by atoms with Crippen molar-refractivity contribution in [2.75, 3.05) is 0 Å². The first-order valence-corrected chi connectivity index (χ1v) is 6.13. The molecule has 2 rings (SSSR count). The molecule has 2 aliphatic rings. The Morgan fingerprint density at radius 3 is 2.62 bits per heavy atom. The van der Waals surface area contributed by atoms with Crippen LogP contribution in [0, 0.1) is 5.92 Å². The standard InChI is InChI=1S/C13H22/c1-2-6-12(7-3-1)10-11-13-8-4-5-9-13/h8,12H,1-7,9-11H2. The summed E-state index contributed by atoms with van der Waals surface area (Å²) in [5.41, 5.74) is 1.77. The van der Waals surface area contributed by atoms with Crippen LogP contribution in [-0.4, -0.2) is 0 Å². The van der Waals surface area contributed by atoms with Gasteiger partial charge in [-0.1, -0.05) is 43.8 Å². The van der Waals surface area contributed by atoms with Gasteiger partial charge in [-0.3, -0.25) is 0 Å². The van der Waals surface area contributed by atoms with Crippen LogP contribution in [0.25, 0.3) is 0 Å². The molecule has 0 heteroatoms. The highest BCUT2D eigenvalue weighted by molar-refractivity contribution is 5.07. The fraction of sp³-hybridized carbons (Fsp3) is 0.846. The highest BCUT2D eigenvalue weighted by Crippen LogP contribution is 2.30. The van der Waals surface area contributed by atoms with E-state index in [4.69, 9.17) is 0 Å². The highest BCUT2D eigenvalue weighted by atomic mass is 14.2. The van der Waals surface area contributed by atoms with Crippen molar-refractivity contribution in [2.24, 2.45) is 5.92 Å². The van der Waals surface area contributed by atoms with E-state index >= 15 is 0 Å². The Kier molecular flexibility index (Phi) is 3.46. The monoisotopic (exact) mass is 178 g/mol. The number of hydrogen-bond acceptors (Lipinski definition) is 0. The van der Waals surface area contributed by atoms with Crippen molar-refractivity contribution < 1.29 is 0 Å². The maximum Gasteiger partial charge on any atom is -0.0317 e. The fourth-order valence-electron chi connectivity index (χ4n) is 2.83. The molecule has 0 atom stereocenters. The molecule has 2 aliphatic carbocycles. The van der Waals surface area contributed by atoms with Crippen molar-refractivity contribution in [3.05, 3.63) is 11.6 Å². The minimum atomic E-state index is 1.08. The van der Waals surface area contributed by atoms with E-state index in [9.17, 15) is 0 Å². The fourth-order valence-corrected chi connectivity index (χ4v) is 2.83. The van der Waals surface area contributed by atoms with Gasteiger partial charge in [0.2, 0.25) is 0 Å². The van der Waals surface area contributed by atoms with E-state index in [0.717, 1.165) is 5.92 Å². The van der Waals surface area contributed by atoms with Crippen molar-refractivity contribution in [1.29, 1.82) is 0 Å². The molecule has 0 N–H and O–H groups in total. The highest BCUT2D eigenvalue weighted by Gasteiger charge is 2.14. The maximum absolute atomic E-state index is 2.49. The van der Waals surface area contributed by atoms with E-state index in [0.29, 0.717) is 0 Å². The van der Waals surface area contributed by atoms with Crippen molar-refractivity contribution in [1.82, 2.24) is 0 Å². The SMILES string of the molecule is C1=C(CCC2CCCCC2)CCC1. The van der Waals surface area contributed by atoms with Gasteiger partial charge in [-0.15, -0.1) is 0 Å². The zero-order valence-electron chi connectivity index (χ0n) is 8.73. The van der Waals surface area contributed by atoms with Crippen molar-refractivity contribution in [3.8, 4) is 0 Å². The summed E-state index contributed by atoms with van der Waals surface area (Å²) in [6.45, 7) is 0. The van der Waals surface area contributed by atoms with Gasteiger partial charge in [0.15, 0.2) is 0 Å². The number of hydrogen-bond donors (Lipinski definition) is 0. The number of rotatable bonds is 3. The van der Waals surface area contributed by atoms with E-state index in [2.05, 4.69) is 6.08 Å². The van der Waals surface area contributed by atoms with Gasteiger partial charge >= 0.3 is 0 Å². The zero-order chi connectivity index (χ0) is 8.93. The van der Waals surface area contributed by atoms with Crippen LogP contribution in [-0.2, 0) is 0 Å². The predicted molar refractivity (Wildman–Crippen MR) is 57.7 cm³/mol. The van der Waals surface area contributed by atoms with E-state index < -0.39 is 0 Å². The molecule has 1 saturated carbocycles. The molecule has 13 heavy (non-hydrogen) atoms. The normalized spacial score (nSPS) is 24.8. The van der Waals surface area contributed by atoms with Gasteiger partial charge < -0.3 is 0 Å². The average Bonchev–Trinajstić information content (AvgIpc) is 2.69. The molecule has 0 saturated heterocycles. The quantitative estimate of drug-likeness (QED) is 0.560. The molecule has 0 aromatic carbocycles. The van der Waals surface area contributed by atoms with E-state index in [1.807, 2.05) is 0 Å². The third kappa shape index (κ3) is 2.86. The van der Waals surface area contributed by atoms with E-state index in [-0.39, 0.29) is 0 Å². The van der Waals surface area contributed by atoms with Crippen LogP contribution in [0.15, 0.2) is 11.6 Å². The van der Waals surface area contributed by atoms with Gasteiger partial charge in [0.1, 0.15) is 0 Å².